The Hall–Kier alpha value is -3.31. The number of methoxy groups -OCH3 is 1. The maximum Gasteiger partial charge on any atom is 0.211 e. The van der Waals surface area contributed by atoms with E-state index in [0.29, 0.717) is 32.9 Å². The first-order valence-electron chi connectivity index (χ1n) is 8.75. The molecule has 1 atom stereocenters. The first kappa shape index (κ1) is 20.0. The summed E-state index contributed by atoms with van der Waals surface area (Å²) in [4.78, 5) is 9.08. The van der Waals surface area contributed by atoms with Crippen molar-refractivity contribution in [3.8, 4) is 11.5 Å². The van der Waals surface area contributed by atoms with Gasteiger partial charge in [-0.2, -0.15) is 0 Å². The van der Waals surface area contributed by atoms with Gasteiger partial charge in [-0.05, 0) is 23.8 Å². The van der Waals surface area contributed by atoms with Gasteiger partial charge in [0.15, 0.2) is 11.5 Å². The van der Waals surface area contributed by atoms with E-state index in [-0.39, 0.29) is 6.61 Å². The second-order valence-electron chi connectivity index (χ2n) is 6.39. The Labute approximate surface area is 177 Å². The summed E-state index contributed by atoms with van der Waals surface area (Å²) in [7, 11) is -1.23. The summed E-state index contributed by atoms with van der Waals surface area (Å²) >= 11 is 1.36. The van der Waals surface area contributed by atoms with Crippen LogP contribution < -0.4 is 14.8 Å². The molecule has 1 unspecified atom stereocenters. The molecule has 2 N–H and O–H groups in total. The summed E-state index contributed by atoms with van der Waals surface area (Å²) in [6.45, 7) is 0.228. The van der Waals surface area contributed by atoms with E-state index in [1.807, 2.05) is 6.07 Å². The number of rotatable bonds is 7. The lowest BCUT2D eigenvalue weighted by Gasteiger charge is -2.13. The number of hydrogen-bond acceptors (Lipinski definition) is 10. The van der Waals surface area contributed by atoms with E-state index in [2.05, 4.69) is 25.5 Å². The number of hydrogen-bond donors (Lipinski definition) is 2. The van der Waals surface area contributed by atoms with Gasteiger partial charge in [-0.1, -0.05) is 23.5 Å². The van der Waals surface area contributed by atoms with Crippen molar-refractivity contribution >= 4 is 42.9 Å². The van der Waals surface area contributed by atoms with Gasteiger partial charge >= 0.3 is 0 Å². The molecular weight excluding hydrogens is 424 g/mol. The molecule has 0 saturated carbocycles. The highest BCUT2D eigenvalue weighted by Crippen LogP contribution is 2.35. The molecule has 11 heteroatoms. The number of aromatic nitrogens is 4. The van der Waals surface area contributed by atoms with Crippen LogP contribution in [0.2, 0.25) is 0 Å². The molecule has 4 rings (SSSR count). The summed E-state index contributed by atoms with van der Waals surface area (Å²) in [6, 6.07) is 10.6. The zero-order valence-electron chi connectivity index (χ0n) is 16.2. The molecule has 30 heavy (non-hydrogen) atoms. The summed E-state index contributed by atoms with van der Waals surface area (Å²) in [5, 5.41) is 12.3. The van der Waals surface area contributed by atoms with E-state index < -0.39 is 9.73 Å². The molecule has 0 saturated heterocycles. The molecule has 0 spiro atoms. The largest absolute Gasteiger partial charge is 0.493 e. The molecule has 2 aromatic carbocycles. The number of ether oxygens (including phenoxy) is 2. The smallest absolute Gasteiger partial charge is 0.211 e. The van der Waals surface area contributed by atoms with Crippen LogP contribution in [0.4, 0.5) is 10.9 Å². The molecule has 0 fully saturated rings. The standard InChI is InChI=1S/C19H18N6O3S2/c1-27-16-7-14-15(21-10-22-18(14)24-19-25-23-11-29-19)8-17(16)28-9-12-4-3-5-13(6-12)30(2,20)26/h3-8,10-11,20H,9H2,1-2H3,(H,21,22,24,25). The molecule has 2 aromatic heterocycles. The van der Waals surface area contributed by atoms with Gasteiger partial charge in [0.1, 0.15) is 24.3 Å². The van der Waals surface area contributed by atoms with Crippen LogP contribution in [0.5, 0.6) is 11.5 Å². The topological polar surface area (TPSA) is 123 Å². The van der Waals surface area contributed by atoms with Crippen LogP contribution >= 0.6 is 11.3 Å². The lowest BCUT2D eigenvalue weighted by Crippen LogP contribution is -2.01. The molecule has 0 radical (unpaired) electrons. The quantitative estimate of drug-likeness (QED) is 0.442. The van der Waals surface area contributed by atoms with Crippen LogP contribution in [0.25, 0.3) is 10.9 Å². The zero-order valence-corrected chi connectivity index (χ0v) is 17.8. The number of benzene rings is 2. The van der Waals surface area contributed by atoms with Gasteiger partial charge in [-0.25, -0.2) is 19.0 Å². The lowest BCUT2D eigenvalue weighted by molar-refractivity contribution is 0.285. The van der Waals surface area contributed by atoms with E-state index in [0.717, 1.165) is 10.9 Å². The van der Waals surface area contributed by atoms with Crippen LogP contribution in [0.15, 0.2) is 53.1 Å². The third-order valence-electron chi connectivity index (χ3n) is 4.25. The van der Waals surface area contributed by atoms with Crippen LogP contribution in [-0.4, -0.2) is 37.7 Å². The van der Waals surface area contributed by atoms with Crippen molar-refractivity contribution < 1.29 is 13.7 Å². The summed E-state index contributed by atoms with van der Waals surface area (Å²) in [5.41, 5.74) is 3.10. The lowest BCUT2D eigenvalue weighted by atomic mass is 10.2. The minimum Gasteiger partial charge on any atom is -0.493 e. The van der Waals surface area contributed by atoms with Crippen molar-refractivity contribution in [2.24, 2.45) is 0 Å². The Bertz CT molecular complexity index is 1290. The second kappa shape index (κ2) is 8.20. The molecule has 4 aromatic rings. The number of nitrogens with zero attached hydrogens (tertiary/aromatic N) is 4. The summed E-state index contributed by atoms with van der Waals surface area (Å²) in [5.74, 6) is 1.62. The average Bonchev–Trinajstić information content (AvgIpc) is 3.24. The van der Waals surface area contributed by atoms with Gasteiger partial charge in [0.05, 0.1) is 22.4 Å². The number of fused-ring (bicyclic) bond motifs is 1. The zero-order chi connectivity index (χ0) is 21.1. The summed E-state index contributed by atoms with van der Waals surface area (Å²) < 4.78 is 31.2. The van der Waals surface area contributed by atoms with Gasteiger partial charge in [0.25, 0.3) is 0 Å². The van der Waals surface area contributed by atoms with E-state index in [1.54, 1.807) is 43.0 Å². The van der Waals surface area contributed by atoms with Crippen molar-refractivity contribution in [3.05, 3.63) is 53.8 Å². The molecular formula is C19H18N6O3S2. The van der Waals surface area contributed by atoms with Gasteiger partial charge in [-0.15, -0.1) is 10.2 Å². The Morgan fingerprint density at radius 3 is 2.80 bits per heavy atom. The summed E-state index contributed by atoms with van der Waals surface area (Å²) in [6.07, 6.45) is 2.85. The molecule has 0 bridgehead atoms. The number of nitrogens with one attached hydrogen (secondary N) is 2. The Morgan fingerprint density at radius 2 is 2.07 bits per heavy atom. The average molecular weight is 443 g/mol. The minimum atomic E-state index is -2.79. The van der Waals surface area contributed by atoms with E-state index in [1.165, 1.54) is 23.9 Å². The van der Waals surface area contributed by atoms with Crippen LogP contribution in [0, 0.1) is 4.78 Å². The van der Waals surface area contributed by atoms with Gasteiger partial charge < -0.3 is 14.8 Å². The molecule has 0 aliphatic carbocycles. The monoisotopic (exact) mass is 442 g/mol. The van der Waals surface area contributed by atoms with Crippen molar-refractivity contribution in [2.45, 2.75) is 11.5 Å². The van der Waals surface area contributed by atoms with Crippen LogP contribution in [0.3, 0.4) is 0 Å². The van der Waals surface area contributed by atoms with E-state index in [4.69, 9.17) is 14.3 Å². The molecule has 154 valence electrons. The van der Waals surface area contributed by atoms with E-state index >= 15 is 0 Å². The third kappa shape index (κ3) is 4.31. The highest BCUT2D eigenvalue weighted by atomic mass is 32.2. The van der Waals surface area contributed by atoms with E-state index in [9.17, 15) is 4.21 Å². The third-order valence-corrected chi connectivity index (χ3v) is 6.01. The molecule has 2 heterocycles. The SMILES string of the molecule is COc1cc2c(Nc3nncs3)ncnc2cc1OCc1cccc(S(C)(=N)=O)c1. The first-order chi connectivity index (χ1) is 14.4. The molecule has 0 aliphatic rings. The highest BCUT2D eigenvalue weighted by Gasteiger charge is 2.13. The number of anilines is 2. The fourth-order valence-electron chi connectivity index (χ4n) is 2.80. The normalized spacial score (nSPS) is 13.0. The van der Waals surface area contributed by atoms with Crippen molar-refractivity contribution in [1.82, 2.24) is 20.2 Å². The highest BCUT2D eigenvalue weighted by molar-refractivity contribution is 7.91. The predicted molar refractivity (Wildman–Crippen MR) is 115 cm³/mol. The Balaban J connectivity index is 1.63. The minimum absolute atomic E-state index is 0.228. The predicted octanol–water partition coefficient (Wildman–Crippen LogP) is 3.85. The molecule has 9 nitrogen and oxygen atoms in total. The van der Waals surface area contributed by atoms with Crippen molar-refractivity contribution in [2.75, 3.05) is 18.7 Å². The maximum atomic E-state index is 12.0. The Kier molecular flexibility index (Phi) is 5.46. The fraction of sp³-hybridized carbons (Fsp3) is 0.158. The molecule has 0 aliphatic heterocycles. The van der Waals surface area contributed by atoms with Crippen LogP contribution in [-0.2, 0) is 16.3 Å². The molecule has 0 amide bonds. The van der Waals surface area contributed by atoms with Gasteiger partial charge in [-0.3, -0.25) is 0 Å². The maximum absolute atomic E-state index is 12.0. The first-order valence-corrected chi connectivity index (χ1v) is 11.6. The van der Waals surface area contributed by atoms with Gasteiger partial charge in [0, 0.05) is 22.6 Å². The van der Waals surface area contributed by atoms with Gasteiger partial charge in [0.2, 0.25) is 5.13 Å². The second-order valence-corrected chi connectivity index (χ2v) is 9.38. The Morgan fingerprint density at radius 1 is 1.20 bits per heavy atom. The van der Waals surface area contributed by atoms with Crippen molar-refractivity contribution in [3.63, 3.8) is 0 Å². The van der Waals surface area contributed by atoms with Crippen molar-refractivity contribution in [1.29, 1.82) is 4.78 Å². The van der Waals surface area contributed by atoms with Crippen LogP contribution in [0.1, 0.15) is 5.56 Å². The fourth-order valence-corrected chi connectivity index (χ4v) is 3.96.